The molecule has 1 aromatic carbocycles. The van der Waals surface area contributed by atoms with Crippen molar-refractivity contribution in [2.75, 3.05) is 25.0 Å². The number of rotatable bonds is 6. The number of aryl methyl sites for hydroxylation is 1. The molecule has 1 saturated heterocycles. The van der Waals surface area contributed by atoms with Gasteiger partial charge in [-0.1, -0.05) is 30.3 Å². The average molecular weight is 323 g/mol. The Hall–Kier alpha value is -1.87. The summed E-state index contributed by atoms with van der Waals surface area (Å²) in [7, 11) is 0. The first-order chi connectivity index (χ1) is 11.7. The van der Waals surface area contributed by atoms with Crippen molar-refractivity contribution in [3.8, 4) is 0 Å². The summed E-state index contributed by atoms with van der Waals surface area (Å²) < 4.78 is 0. The number of nitrogens with zero attached hydrogens (tertiary/aromatic N) is 2. The van der Waals surface area contributed by atoms with Crippen LogP contribution in [0.3, 0.4) is 0 Å². The van der Waals surface area contributed by atoms with Crippen molar-refractivity contribution in [3.63, 3.8) is 0 Å². The smallest absolute Gasteiger partial charge is 0.126 e. The van der Waals surface area contributed by atoms with Crippen LogP contribution in [0.5, 0.6) is 0 Å². The lowest BCUT2D eigenvalue weighted by atomic mass is 9.92. The third-order valence-corrected chi connectivity index (χ3v) is 5.25. The van der Waals surface area contributed by atoms with E-state index >= 15 is 0 Å². The van der Waals surface area contributed by atoms with Crippen molar-refractivity contribution < 1.29 is 0 Å². The predicted molar refractivity (Wildman–Crippen MR) is 101 cm³/mol. The molecule has 1 N–H and O–H groups in total. The molecule has 0 amide bonds. The third kappa shape index (κ3) is 4.57. The van der Waals surface area contributed by atoms with Crippen LogP contribution in [0.15, 0.2) is 48.7 Å². The van der Waals surface area contributed by atoms with Gasteiger partial charge in [0.05, 0.1) is 0 Å². The minimum atomic E-state index is 0.529. The highest BCUT2D eigenvalue weighted by Crippen LogP contribution is 2.27. The first kappa shape index (κ1) is 17.0. The number of benzene rings is 1. The first-order valence-corrected chi connectivity index (χ1v) is 9.18. The minimum absolute atomic E-state index is 0.529. The molecule has 0 aliphatic carbocycles. The maximum atomic E-state index is 4.37. The van der Waals surface area contributed by atoms with Crippen molar-refractivity contribution in [3.05, 3.63) is 59.8 Å². The Morgan fingerprint density at radius 1 is 1.17 bits per heavy atom. The van der Waals surface area contributed by atoms with Crippen molar-refractivity contribution in [1.29, 1.82) is 0 Å². The topological polar surface area (TPSA) is 28.2 Å². The van der Waals surface area contributed by atoms with E-state index in [1.807, 2.05) is 12.3 Å². The van der Waals surface area contributed by atoms with Gasteiger partial charge in [0, 0.05) is 18.8 Å². The van der Waals surface area contributed by atoms with Gasteiger partial charge >= 0.3 is 0 Å². The number of pyridine rings is 1. The van der Waals surface area contributed by atoms with Gasteiger partial charge in [0.2, 0.25) is 0 Å². The Balaban J connectivity index is 1.41. The Morgan fingerprint density at radius 2 is 1.92 bits per heavy atom. The lowest BCUT2D eigenvalue weighted by Gasteiger charge is -2.36. The zero-order chi connectivity index (χ0) is 16.8. The molecule has 3 nitrogen and oxygen atoms in total. The molecule has 1 aromatic heterocycles. The summed E-state index contributed by atoms with van der Waals surface area (Å²) in [6.07, 6.45) is 5.73. The van der Waals surface area contributed by atoms with Gasteiger partial charge in [-0.05, 0) is 75.4 Å². The number of hydrogen-bond acceptors (Lipinski definition) is 3. The van der Waals surface area contributed by atoms with Gasteiger partial charge < -0.3 is 5.32 Å². The van der Waals surface area contributed by atoms with Crippen LogP contribution in [0.1, 0.15) is 43.4 Å². The first-order valence-electron chi connectivity index (χ1n) is 9.18. The Morgan fingerprint density at radius 3 is 2.62 bits per heavy atom. The Labute approximate surface area is 146 Å². The van der Waals surface area contributed by atoms with Crippen LogP contribution in [0.4, 0.5) is 5.82 Å². The molecule has 0 bridgehead atoms. The normalized spacial score (nSPS) is 17.6. The molecule has 0 saturated carbocycles. The van der Waals surface area contributed by atoms with Crippen LogP contribution >= 0.6 is 0 Å². The highest BCUT2D eigenvalue weighted by molar-refractivity contribution is 5.36. The largest absolute Gasteiger partial charge is 0.370 e. The van der Waals surface area contributed by atoms with E-state index in [2.05, 4.69) is 65.4 Å². The zero-order valence-corrected chi connectivity index (χ0v) is 14.9. The van der Waals surface area contributed by atoms with Gasteiger partial charge in [-0.2, -0.15) is 0 Å². The molecule has 1 aliphatic rings. The lowest BCUT2D eigenvalue weighted by molar-refractivity contribution is 0.139. The van der Waals surface area contributed by atoms with Gasteiger partial charge in [-0.25, -0.2) is 4.98 Å². The number of likely N-dealkylation sites (tertiary alicyclic amines) is 1. The summed E-state index contributed by atoms with van der Waals surface area (Å²) in [5, 5.41) is 3.47. The molecule has 1 fully saturated rings. The maximum absolute atomic E-state index is 4.37. The van der Waals surface area contributed by atoms with Gasteiger partial charge in [-0.3, -0.25) is 4.90 Å². The molecular weight excluding hydrogens is 294 g/mol. The fourth-order valence-electron chi connectivity index (χ4n) is 3.61. The summed E-state index contributed by atoms with van der Waals surface area (Å²) in [4.78, 5) is 7.00. The summed E-state index contributed by atoms with van der Waals surface area (Å²) in [6, 6.07) is 15.6. The summed E-state index contributed by atoms with van der Waals surface area (Å²) in [6.45, 7) is 7.89. The van der Waals surface area contributed by atoms with E-state index in [-0.39, 0.29) is 0 Å². The van der Waals surface area contributed by atoms with Crippen molar-refractivity contribution in [1.82, 2.24) is 9.88 Å². The van der Waals surface area contributed by atoms with Crippen molar-refractivity contribution >= 4 is 5.82 Å². The van der Waals surface area contributed by atoms with E-state index in [0.29, 0.717) is 6.04 Å². The molecule has 2 aromatic rings. The van der Waals surface area contributed by atoms with Gasteiger partial charge in [0.15, 0.2) is 0 Å². The van der Waals surface area contributed by atoms with Crippen LogP contribution < -0.4 is 5.32 Å². The van der Waals surface area contributed by atoms with E-state index in [0.717, 1.165) is 18.3 Å². The lowest BCUT2D eigenvalue weighted by Crippen LogP contribution is -2.36. The van der Waals surface area contributed by atoms with E-state index < -0.39 is 0 Å². The van der Waals surface area contributed by atoms with Gasteiger partial charge in [0.1, 0.15) is 5.82 Å². The second-order valence-corrected chi connectivity index (χ2v) is 7.00. The van der Waals surface area contributed by atoms with Crippen LogP contribution in [0.25, 0.3) is 0 Å². The fourth-order valence-corrected chi connectivity index (χ4v) is 3.61. The summed E-state index contributed by atoms with van der Waals surface area (Å²) >= 11 is 0. The summed E-state index contributed by atoms with van der Waals surface area (Å²) in [5.74, 6) is 1.84. The molecular formula is C21H29N3. The quantitative estimate of drug-likeness (QED) is 0.837. The van der Waals surface area contributed by atoms with Crippen molar-refractivity contribution in [2.45, 2.75) is 39.2 Å². The van der Waals surface area contributed by atoms with Crippen LogP contribution in [-0.2, 0) is 0 Å². The van der Waals surface area contributed by atoms with E-state index in [1.165, 1.54) is 43.5 Å². The number of piperidine rings is 1. The van der Waals surface area contributed by atoms with E-state index in [4.69, 9.17) is 0 Å². The molecule has 3 heteroatoms. The number of hydrogen-bond donors (Lipinski definition) is 1. The Bertz CT molecular complexity index is 618. The van der Waals surface area contributed by atoms with Crippen LogP contribution in [-0.4, -0.2) is 29.5 Å². The second-order valence-electron chi connectivity index (χ2n) is 7.00. The third-order valence-electron chi connectivity index (χ3n) is 5.25. The molecule has 1 unspecified atom stereocenters. The number of aromatic nitrogens is 1. The van der Waals surface area contributed by atoms with Crippen LogP contribution in [0.2, 0.25) is 0 Å². The Kier molecular flexibility index (Phi) is 5.86. The van der Waals surface area contributed by atoms with E-state index in [1.54, 1.807) is 0 Å². The van der Waals surface area contributed by atoms with Crippen LogP contribution in [0, 0.1) is 12.8 Å². The number of anilines is 1. The highest BCUT2D eigenvalue weighted by atomic mass is 15.2. The monoisotopic (exact) mass is 323 g/mol. The molecule has 128 valence electrons. The highest BCUT2D eigenvalue weighted by Gasteiger charge is 2.23. The van der Waals surface area contributed by atoms with Gasteiger partial charge in [0.25, 0.3) is 0 Å². The molecule has 2 heterocycles. The minimum Gasteiger partial charge on any atom is -0.370 e. The zero-order valence-electron chi connectivity index (χ0n) is 14.9. The predicted octanol–water partition coefficient (Wildman–Crippen LogP) is 4.67. The molecule has 0 radical (unpaired) electrons. The molecule has 24 heavy (non-hydrogen) atoms. The standard InChI is InChI=1S/C21H29N3/c1-17-8-12-22-21(16-17)23-13-9-19-10-14-24(15-11-19)18(2)20-6-4-3-5-7-20/h3-8,12,16,18-19H,9-11,13-15H2,1-2H3,(H,22,23). The molecule has 1 atom stereocenters. The average Bonchev–Trinajstić information content (AvgIpc) is 2.63. The maximum Gasteiger partial charge on any atom is 0.126 e. The van der Waals surface area contributed by atoms with Crippen molar-refractivity contribution in [2.24, 2.45) is 5.92 Å². The van der Waals surface area contributed by atoms with Gasteiger partial charge in [-0.15, -0.1) is 0 Å². The molecule has 0 spiro atoms. The molecule has 3 rings (SSSR count). The SMILES string of the molecule is Cc1ccnc(NCCC2CCN(C(C)c3ccccc3)CC2)c1. The number of nitrogens with one attached hydrogen (secondary N) is 1. The van der Waals surface area contributed by atoms with E-state index in [9.17, 15) is 0 Å². The molecule has 1 aliphatic heterocycles. The fraction of sp³-hybridized carbons (Fsp3) is 0.476. The summed E-state index contributed by atoms with van der Waals surface area (Å²) in [5.41, 5.74) is 2.69. The second kappa shape index (κ2) is 8.29.